The van der Waals surface area contributed by atoms with Gasteiger partial charge in [0.25, 0.3) is 11.8 Å². The number of carbonyl (C=O) groups is 5. The van der Waals surface area contributed by atoms with E-state index in [1.165, 1.54) is 16.7 Å². The Hall–Kier alpha value is -6.54. The zero-order chi connectivity index (χ0) is 44.7. The summed E-state index contributed by atoms with van der Waals surface area (Å²) in [5.41, 5.74) is 10.4. The van der Waals surface area contributed by atoms with Crippen molar-refractivity contribution in [2.45, 2.75) is 94.5 Å². The molecule has 1 aliphatic carbocycles. The van der Waals surface area contributed by atoms with Crippen molar-refractivity contribution in [2.75, 3.05) is 30.3 Å². The monoisotopic (exact) mass is 886 g/mol. The van der Waals surface area contributed by atoms with E-state index in [1.807, 2.05) is 23.1 Å². The number of imide groups is 1. The molecule has 8 N–H and O–H groups in total. The van der Waals surface area contributed by atoms with E-state index in [1.54, 1.807) is 36.4 Å². The molecule has 6 amide bonds. The van der Waals surface area contributed by atoms with Crippen molar-refractivity contribution >= 4 is 64.4 Å². The van der Waals surface area contributed by atoms with Crippen molar-refractivity contribution in [3.63, 3.8) is 0 Å². The molecular formula is C47H51ClN10O6. The summed E-state index contributed by atoms with van der Waals surface area (Å²) in [7, 11) is 0. The third kappa shape index (κ3) is 10.6. The van der Waals surface area contributed by atoms with Crippen molar-refractivity contribution in [2.24, 2.45) is 5.73 Å². The molecule has 3 aliphatic heterocycles. The number of likely N-dealkylation sites (tertiary alicyclic amines) is 1. The number of aromatic nitrogens is 2. The van der Waals surface area contributed by atoms with Gasteiger partial charge in [0.05, 0.1) is 23.6 Å². The Morgan fingerprint density at radius 1 is 0.938 bits per heavy atom. The highest BCUT2D eigenvalue weighted by molar-refractivity contribution is 6.33. The van der Waals surface area contributed by atoms with E-state index in [9.17, 15) is 29.1 Å². The first kappa shape index (κ1) is 44.1. The number of nitrogens with one attached hydrogen (secondary N) is 5. The van der Waals surface area contributed by atoms with Crippen molar-refractivity contribution in [3.05, 3.63) is 106 Å². The summed E-state index contributed by atoms with van der Waals surface area (Å²) in [6.07, 6.45) is 6.88. The number of carbonyl (C=O) groups excluding carboxylic acids is 5. The lowest BCUT2D eigenvalue weighted by Gasteiger charge is -2.35. The topological polar surface area (TPSA) is 224 Å². The first-order chi connectivity index (χ1) is 31.0. The summed E-state index contributed by atoms with van der Waals surface area (Å²) in [6, 6.07) is 20.0. The van der Waals surface area contributed by atoms with Crippen LogP contribution < -0.4 is 32.3 Å². The minimum absolute atomic E-state index is 0.0139. The average Bonchev–Trinajstić information content (AvgIpc) is 3.62. The largest absolute Gasteiger partial charge is 0.391 e. The zero-order valence-electron chi connectivity index (χ0n) is 35.2. The van der Waals surface area contributed by atoms with Crippen LogP contribution in [0.5, 0.6) is 0 Å². The van der Waals surface area contributed by atoms with Crippen LogP contribution in [-0.2, 0) is 16.1 Å². The molecule has 0 bridgehead atoms. The van der Waals surface area contributed by atoms with Gasteiger partial charge in [0.15, 0.2) is 5.82 Å². The number of benzene rings is 3. The number of rotatable bonds is 12. The molecule has 17 heteroatoms. The van der Waals surface area contributed by atoms with E-state index in [-0.39, 0.29) is 54.3 Å². The Labute approximate surface area is 376 Å². The van der Waals surface area contributed by atoms with Crippen molar-refractivity contribution in [1.82, 2.24) is 35.7 Å². The third-order valence-corrected chi connectivity index (χ3v) is 12.7. The van der Waals surface area contributed by atoms with Crippen LogP contribution in [0.1, 0.15) is 101 Å². The number of fused-ring (bicyclic) bond motifs is 1. The van der Waals surface area contributed by atoms with Gasteiger partial charge in [-0.1, -0.05) is 47.7 Å². The van der Waals surface area contributed by atoms with Gasteiger partial charge in [0, 0.05) is 67.9 Å². The first-order valence-corrected chi connectivity index (χ1v) is 22.1. The number of anilines is 4. The van der Waals surface area contributed by atoms with Crippen molar-refractivity contribution in [3.8, 4) is 11.8 Å². The van der Waals surface area contributed by atoms with Crippen LogP contribution in [0, 0.1) is 11.8 Å². The molecular weight excluding hydrogens is 836 g/mol. The maximum Gasteiger partial charge on any atom is 0.317 e. The maximum atomic E-state index is 13.3. The number of halogens is 1. The number of aliphatic hydroxyl groups excluding tert-OH is 1. The fourth-order valence-corrected chi connectivity index (χ4v) is 8.98. The number of nitrogens with two attached hydrogens (primary N) is 1. The Balaban J connectivity index is 0.721. The second-order valence-corrected chi connectivity index (χ2v) is 17.2. The smallest absolute Gasteiger partial charge is 0.317 e. The lowest BCUT2D eigenvalue weighted by molar-refractivity contribution is -0.136. The predicted octanol–water partition coefficient (Wildman–Crippen LogP) is 5.07. The predicted molar refractivity (Wildman–Crippen MR) is 241 cm³/mol. The maximum absolute atomic E-state index is 13.3. The molecule has 3 aromatic carbocycles. The molecule has 1 aromatic heterocycles. The fraction of sp³-hybridized carbons (Fsp3) is 0.383. The van der Waals surface area contributed by atoms with Gasteiger partial charge in [-0.05, 0) is 104 Å². The van der Waals surface area contributed by atoms with Gasteiger partial charge in [0.1, 0.15) is 11.1 Å². The van der Waals surface area contributed by atoms with Gasteiger partial charge in [-0.25, -0.2) is 9.78 Å². The van der Waals surface area contributed by atoms with Gasteiger partial charge in [-0.3, -0.25) is 24.5 Å². The van der Waals surface area contributed by atoms with Gasteiger partial charge in [-0.15, -0.1) is 0 Å². The summed E-state index contributed by atoms with van der Waals surface area (Å²) < 4.78 is 0. The standard InChI is InChI=1S/C47H51ClN10O6/c48-38-26-51-46(56-43(38)54-39-7-2-1-6-37(39)42(49)61)52-33-11-9-29(10-12-33)30-20-22-57(23-21-30)47(64)53-34-15-13-32(14-16-34)50-25-35(59)5-3-4-28-8-17-36-31(24-28)27-58(45(36)63)40-18-19-41(60)55-44(40)62/h1-2,6-12,17,24,26,30,32,34-35,40,50,59H,5,13-16,18-23,25,27H2,(H2,49,61)(H,53,64)(H,55,60,62)(H2,51,52,54,56)/t32-,34+,35?,40?. The van der Waals surface area contributed by atoms with Crippen LogP contribution in [0.3, 0.4) is 0 Å². The lowest BCUT2D eigenvalue weighted by atomic mass is 9.89. The lowest BCUT2D eigenvalue weighted by Crippen LogP contribution is -2.52. The van der Waals surface area contributed by atoms with Crippen molar-refractivity contribution < 1.29 is 29.1 Å². The van der Waals surface area contributed by atoms with Gasteiger partial charge in [-0.2, -0.15) is 4.98 Å². The van der Waals surface area contributed by atoms with Gasteiger partial charge in [0.2, 0.25) is 17.8 Å². The third-order valence-electron chi connectivity index (χ3n) is 12.4. The second kappa shape index (κ2) is 19.9. The molecule has 2 unspecified atom stereocenters. The first-order valence-electron chi connectivity index (χ1n) is 21.8. The number of nitrogens with zero attached hydrogens (tertiary/aromatic N) is 4. The Morgan fingerprint density at radius 3 is 2.44 bits per heavy atom. The van der Waals surface area contributed by atoms with E-state index >= 15 is 0 Å². The van der Waals surface area contributed by atoms with Crippen LogP contribution in [0.4, 0.5) is 27.9 Å². The normalized spacial score (nSPS) is 20.4. The number of hydrogen-bond acceptors (Lipinski definition) is 11. The van der Waals surface area contributed by atoms with E-state index in [2.05, 4.69) is 60.5 Å². The van der Waals surface area contributed by atoms with Crippen molar-refractivity contribution in [1.29, 1.82) is 0 Å². The number of aliphatic hydroxyl groups is 1. The van der Waals surface area contributed by atoms with Crippen LogP contribution in [-0.4, -0.2) is 98.4 Å². The SMILES string of the molecule is NC(=O)c1ccccc1Nc1nc(Nc2ccc(C3CCN(C(=O)N[C@H]4CC[C@@H](NCC(O)CC#Cc5ccc6c(c5)CN(C5CCC(=O)NC5=O)C6=O)CC4)CC3)cc2)ncc1Cl. The highest BCUT2D eigenvalue weighted by atomic mass is 35.5. The number of amides is 6. The molecule has 0 spiro atoms. The Bertz CT molecular complexity index is 2480. The molecule has 3 fully saturated rings. The Kier molecular flexibility index (Phi) is 13.7. The second-order valence-electron chi connectivity index (χ2n) is 16.8. The minimum Gasteiger partial charge on any atom is -0.391 e. The molecule has 4 heterocycles. The number of para-hydroxylation sites is 1. The highest BCUT2D eigenvalue weighted by Crippen LogP contribution is 2.32. The molecule has 2 saturated heterocycles. The van der Waals surface area contributed by atoms with Gasteiger partial charge < -0.3 is 41.9 Å². The minimum atomic E-state index is -0.663. The number of piperidine rings is 2. The van der Waals surface area contributed by atoms with Crippen LogP contribution in [0.15, 0.2) is 72.9 Å². The molecule has 1 saturated carbocycles. The number of urea groups is 1. The van der Waals surface area contributed by atoms with Crippen LogP contribution in [0.25, 0.3) is 0 Å². The fourth-order valence-electron chi connectivity index (χ4n) is 8.84. The summed E-state index contributed by atoms with van der Waals surface area (Å²) in [6.45, 7) is 2.05. The molecule has 16 nitrogen and oxygen atoms in total. The van der Waals surface area contributed by atoms with Crippen LogP contribution >= 0.6 is 11.6 Å². The van der Waals surface area contributed by atoms with E-state index < -0.39 is 24.0 Å². The highest BCUT2D eigenvalue weighted by Gasteiger charge is 2.39. The van der Waals surface area contributed by atoms with Gasteiger partial charge >= 0.3 is 6.03 Å². The molecule has 8 rings (SSSR count). The zero-order valence-corrected chi connectivity index (χ0v) is 36.0. The molecule has 0 radical (unpaired) electrons. The summed E-state index contributed by atoms with van der Waals surface area (Å²) >= 11 is 6.36. The van der Waals surface area contributed by atoms with E-state index in [4.69, 9.17) is 17.3 Å². The molecule has 332 valence electrons. The molecule has 2 atom stereocenters. The summed E-state index contributed by atoms with van der Waals surface area (Å²) in [5, 5.41) is 26.3. The van der Waals surface area contributed by atoms with E-state index in [0.29, 0.717) is 60.6 Å². The summed E-state index contributed by atoms with van der Waals surface area (Å²) in [4.78, 5) is 74.2. The summed E-state index contributed by atoms with van der Waals surface area (Å²) in [5.74, 6) is 5.59. The average molecular weight is 887 g/mol. The number of hydrogen-bond donors (Lipinski definition) is 7. The van der Waals surface area contributed by atoms with E-state index in [0.717, 1.165) is 55.3 Å². The quantitative estimate of drug-likeness (QED) is 0.0735. The Morgan fingerprint density at radius 2 is 1.69 bits per heavy atom. The molecule has 4 aliphatic rings. The number of primary amides is 1. The molecule has 4 aromatic rings. The molecule has 64 heavy (non-hydrogen) atoms. The van der Waals surface area contributed by atoms with Crippen LogP contribution in [0.2, 0.25) is 5.02 Å².